The summed E-state index contributed by atoms with van der Waals surface area (Å²) in [6, 6.07) is 5.30. The molecule has 1 aromatic rings. The van der Waals surface area contributed by atoms with Crippen LogP contribution in [0.25, 0.3) is 0 Å². The summed E-state index contributed by atoms with van der Waals surface area (Å²) in [5.74, 6) is -0.0347. The summed E-state index contributed by atoms with van der Waals surface area (Å²) < 4.78 is 0.860. The van der Waals surface area contributed by atoms with Gasteiger partial charge < -0.3 is 10.6 Å². The third-order valence-corrected chi connectivity index (χ3v) is 5.21. The van der Waals surface area contributed by atoms with Gasteiger partial charge in [-0.15, -0.1) is 0 Å². The molecule has 0 unspecified atom stereocenters. The third-order valence-electron chi connectivity index (χ3n) is 3.91. The van der Waals surface area contributed by atoms with E-state index in [4.69, 9.17) is 29.6 Å². The number of thiocarbonyl (C=S) groups is 1. The molecule has 1 aromatic carbocycles. The van der Waals surface area contributed by atoms with Crippen molar-refractivity contribution < 1.29 is 4.79 Å². The molecule has 3 nitrogen and oxygen atoms in total. The lowest BCUT2D eigenvalue weighted by molar-refractivity contribution is 0.0670. The Hall–Kier alpha value is -0.650. The number of carbonyl (C=O) groups excluding carboxylic acids is 1. The molecule has 1 heterocycles. The van der Waals surface area contributed by atoms with Crippen molar-refractivity contribution in [2.24, 2.45) is 11.1 Å². The monoisotopic (exact) mass is 374 g/mol. The number of amides is 1. The molecule has 1 aliphatic rings. The molecular formula is C14H16BrClN2OS. The zero-order valence-corrected chi connectivity index (χ0v) is 14.3. The van der Waals surface area contributed by atoms with E-state index in [9.17, 15) is 4.79 Å². The molecule has 1 fully saturated rings. The first-order chi connectivity index (χ1) is 9.33. The minimum absolute atomic E-state index is 0.0347. The highest BCUT2D eigenvalue weighted by Crippen LogP contribution is 2.32. The number of halogens is 2. The van der Waals surface area contributed by atoms with Crippen molar-refractivity contribution in [3.63, 3.8) is 0 Å². The van der Waals surface area contributed by atoms with Gasteiger partial charge in [-0.25, -0.2) is 0 Å². The lowest BCUT2D eigenvalue weighted by Gasteiger charge is -2.38. The molecule has 1 amide bonds. The number of hydrogen-bond acceptors (Lipinski definition) is 2. The van der Waals surface area contributed by atoms with Crippen LogP contribution >= 0.6 is 39.7 Å². The van der Waals surface area contributed by atoms with Crippen molar-refractivity contribution in [2.45, 2.75) is 19.8 Å². The maximum absolute atomic E-state index is 12.5. The van der Waals surface area contributed by atoms with Crippen LogP contribution in [0, 0.1) is 5.41 Å². The van der Waals surface area contributed by atoms with Crippen LogP contribution in [0.2, 0.25) is 5.02 Å². The highest BCUT2D eigenvalue weighted by Gasteiger charge is 2.34. The minimum Gasteiger partial charge on any atom is -0.393 e. The lowest BCUT2D eigenvalue weighted by atomic mass is 9.80. The van der Waals surface area contributed by atoms with Crippen LogP contribution in [-0.2, 0) is 0 Å². The molecule has 0 aromatic heterocycles. The van der Waals surface area contributed by atoms with E-state index < -0.39 is 0 Å². The van der Waals surface area contributed by atoms with Crippen LogP contribution in [0.1, 0.15) is 30.1 Å². The smallest absolute Gasteiger partial charge is 0.255 e. The van der Waals surface area contributed by atoms with Crippen molar-refractivity contribution in [3.8, 4) is 0 Å². The second-order valence-corrected chi connectivity index (χ2v) is 7.10. The van der Waals surface area contributed by atoms with Gasteiger partial charge in [0, 0.05) is 23.0 Å². The van der Waals surface area contributed by atoms with Gasteiger partial charge >= 0.3 is 0 Å². The SMILES string of the molecule is CC1(C(N)=S)CCN(C(=O)c2ccc(Br)cc2Cl)CC1. The van der Waals surface area contributed by atoms with Gasteiger partial charge in [-0.2, -0.15) is 0 Å². The van der Waals surface area contributed by atoms with Crippen LogP contribution < -0.4 is 5.73 Å². The maximum Gasteiger partial charge on any atom is 0.255 e. The van der Waals surface area contributed by atoms with E-state index in [0.29, 0.717) is 28.7 Å². The summed E-state index contributed by atoms with van der Waals surface area (Å²) in [5, 5.41) is 0.465. The molecule has 0 atom stereocenters. The Kier molecular flexibility index (Phi) is 4.72. The molecule has 0 bridgehead atoms. The fourth-order valence-corrected chi connectivity index (χ4v) is 3.24. The number of nitrogens with two attached hydrogens (primary N) is 1. The Balaban J connectivity index is 2.11. The number of hydrogen-bond donors (Lipinski definition) is 1. The molecule has 1 aliphatic heterocycles. The van der Waals surface area contributed by atoms with Gasteiger partial charge in [0.1, 0.15) is 0 Å². The van der Waals surface area contributed by atoms with Gasteiger partial charge in [-0.1, -0.05) is 46.7 Å². The first-order valence-corrected chi connectivity index (χ1v) is 7.96. The lowest BCUT2D eigenvalue weighted by Crippen LogP contribution is -2.46. The van der Waals surface area contributed by atoms with E-state index in [1.165, 1.54) is 0 Å². The van der Waals surface area contributed by atoms with E-state index >= 15 is 0 Å². The van der Waals surface area contributed by atoms with Gasteiger partial charge in [-0.3, -0.25) is 4.79 Å². The second-order valence-electron chi connectivity index (χ2n) is 5.34. The predicted octanol–water partition coefficient (Wildman–Crippen LogP) is 3.63. The molecule has 0 spiro atoms. The Morgan fingerprint density at radius 2 is 2.05 bits per heavy atom. The Morgan fingerprint density at radius 1 is 1.45 bits per heavy atom. The fraction of sp³-hybridized carbons (Fsp3) is 0.429. The van der Waals surface area contributed by atoms with Gasteiger partial charge in [0.2, 0.25) is 0 Å². The van der Waals surface area contributed by atoms with Crippen LogP contribution in [0.3, 0.4) is 0 Å². The predicted molar refractivity (Wildman–Crippen MR) is 89.2 cm³/mol. The van der Waals surface area contributed by atoms with Crippen LogP contribution in [-0.4, -0.2) is 28.9 Å². The summed E-state index contributed by atoms with van der Waals surface area (Å²) in [6.07, 6.45) is 1.59. The standard InChI is InChI=1S/C14H16BrClN2OS/c1-14(13(17)20)4-6-18(7-5-14)12(19)10-3-2-9(15)8-11(10)16/h2-3,8H,4-7H2,1H3,(H2,17,20). The summed E-state index contributed by atoms with van der Waals surface area (Å²) in [6.45, 7) is 3.36. The fourth-order valence-electron chi connectivity index (χ4n) is 2.28. The number of rotatable bonds is 2. The van der Waals surface area contributed by atoms with Crippen LogP contribution in [0.15, 0.2) is 22.7 Å². The minimum atomic E-state index is -0.143. The van der Waals surface area contributed by atoms with Crippen LogP contribution in [0.5, 0.6) is 0 Å². The number of carbonyl (C=O) groups is 1. The van der Waals surface area contributed by atoms with Crippen molar-refractivity contribution >= 4 is 50.6 Å². The number of nitrogens with zero attached hydrogens (tertiary/aromatic N) is 1. The van der Waals surface area contributed by atoms with Gasteiger partial charge in [0.25, 0.3) is 5.91 Å². The average Bonchev–Trinajstić information content (AvgIpc) is 2.38. The highest BCUT2D eigenvalue weighted by atomic mass is 79.9. The van der Waals surface area contributed by atoms with E-state index in [-0.39, 0.29) is 11.3 Å². The number of likely N-dealkylation sites (tertiary alicyclic amines) is 1. The van der Waals surface area contributed by atoms with E-state index in [1.807, 2.05) is 11.0 Å². The van der Waals surface area contributed by atoms with Gasteiger partial charge in [0.05, 0.1) is 15.6 Å². The summed E-state index contributed by atoms with van der Waals surface area (Å²) >= 11 is 14.6. The second kappa shape index (κ2) is 6.00. The zero-order chi connectivity index (χ0) is 14.9. The first-order valence-electron chi connectivity index (χ1n) is 6.38. The van der Waals surface area contributed by atoms with E-state index in [0.717, 1.165) is 17.3 Å². The molecule has 0 aliphatic carbocycles. The molecule has 0 radical (unpaired) electrons. The molecule has 6 heteroatoms. The molecule has 2 rings (SSSR count). The largest absolute Gasteiger partial charge is 0.393 e. The Morgan fingerprint density at radius 3 is 2.55 bits per heavy atom. The molecule has 108 valence electrons. The van der Waals surface area contributed by atoms with Crippen molar-refractivity contribution in [2.75, 3.05) is 13.1 Å². The zero-order valence-electron chi connectivity index (χ0n) is 11.2. The molecule has 0 saturated carbocycles. The van der Waals surface area contributed by atoms with Crippen molar-refractivity contribution in [1.29, 1.82) is 0 Å². The number of piperidine rings is 1. The summed E-state index contributed by atoms with van der Waals surface area (Å²) in [5.41, 5.74) is 6.17. The average molecular weight is 376 g/mol. The van der Waals surface area contributed by atoms with Gasteiger partial charge in [-0.05, 0) is 31.0 Å². The van der Waals surface area contributed by atoms with Crippen molar-refractivity contribution in [1.82, 2.24) is 4.90 Å². The molecule has 2 N–H and O–H groups in total. The van der Waals surface area contributed by atoms with Crippen LogP contribution in [0.4, 0.5) is 0 Å². The quantitative estimate of drug-likeness (QED) is 0.803. The van der Waals surface area contributed by atoms with Gasteiger partial charge in [0.15, 0.2) is 0 Å². The summed E-state index contributed by atoms with van der Waals surface area (Å²) in [4.78, 5) is 14.8. The molecule has 20 heavy (non-hydrogen) atoms. The van der Waals surface area contributed by atoms with E-state index in [2.05, 4.69) is 22.9 Å². The maximum atomic E-state index is 12.5. The molecular weight excluding hydrogens is 360 g/mol. The number of benzene rings is 1. The van der Waals surface area contributed by atoms with Crippen molar-refractivity contribution in [3.05, 3.63) is 33.3 Å². The van der Waals surface area contributed by atoms with E-state index in [1.54, 1.807) is 12.1 Å². The highest BCUT2D eigenvalue weighted by molar-refractivity contribution is 9.10. The topological polar surface area (TPSA) is 46.3 Å². The Bertz CT molecular complexity index is 556. The Labute approximate surface area is 137 Å². The third kappa shape index (κ3) is 3.15. The normalized spacial score (nSPS) is 17.9. The first kappa shape index (κ1) is 15.7. The summed E-state index contributed by atoms with van der Waals surface area (Å²) in [7, 11) is 0. The molecule has 1 saturated heterocycles.